The van der Waals surface area contributed by atoms with Crippen molar-refractivity contribution in [2.75, 3.05) is 6.54 Å². The van der Waals surface area contributed by atoms with E-state index in [9.17, 15) is 14.7 Å². The summed E-state index contributed by atoms with van der Waals surface area (Å²) in [7, 11) is 0. The molecule has 0 bridgehead atoms. The van der Waals surface area contributed by atoms with Crippen LogP contribution in [0.4, 0.5) is 0 Å². The van der Waals surface area contributed by atoms with E-state index in [1.807, 2.05) is 0 Å². The number of aromatic hydroxyl groups is 1. The molecule has 5 N–H and O–H groups in total. The zero-order valence-corrected chi connectivity index (χ0v) is 12.4. The number of nitrogens with zero attached hydrogens (tertiary/aromatic N) is 1. The summed E-state index contributed by atoms with van der Waals surface area (Å²) in [5.41, 5.74) is 5.53. The standard InChI is InChI=1S/C15H22N4O3/c16-8-7-13(20)18-10-3-5-11(6-4-10)19-15(22)12-2-1-9-17-14(12)21/h1-2,9-11H,3-8,16H2,(H,17,21)(H,18,20)(H,19,22)/t10-,11-. The van der Waals surface area contributed by atoms with E-state index >= 15 is 0 Å². The van der Waals surface area contributed by atoms with Gasteiger partial charge in [0.25, 0.3) is 5.91 Å². The Morgan fingerprint density at radius 3 is 2.45 bits per heavy atom. The van der Waals surface area contributed by atoms with Gasteiger partial charge in [-0.25, -0.2) is 4.98 Å². The van der Waals surface area contributed by atoms with E-state index in [1.165, 1.54) is 12.3 Å². The summed E-state index contributed by atoms with van der Waals surface area (Å²) in [5, 5.41) is 15.4. The van der Waals surface area contributed by atoms with Crippen molar-refractivity contribution in [2.45, 2.75) is 44.2 Å². The van der Waals surface area contributed by atoms with Crippen LogP contribution in [0.3, 0.4) is 0 Å². The van der Waals surface area contributed by atoms with Crippen LogP contribution in [0, 0.1) is 0 Å². The summed E-state index contributed by atoms with van der Waals surface area (Å²) in [6, 6.07) is 3.35. The van der Waals surface area contributed by atoms with Crippen LogP contribution >= 0.6 is 0 Å². The maximum Gasteiger partial charge on any atom is 0.256 e. The smallest absolute Gasteiger partial charge is 0.256 e. The molecule has 22 heavy (non-hydrogen) atoms. The molecule has 0 unspecified atom stereocenters. The molecule has 120 valence electrons. The van der Waals surface area contributed by atoms with E-state index in [1.54, 1.807) is 6.07 Å². The highest BCUT2D eigenvalue weighted by atomic mass is 16.3. The minimum atomic E-state index is -0.318. The molecule has 1 aliphatic rings. The van der Waals surface area contributed by atoms with Gasteiger partial charge in [0.15, 0.2) is 0 Å². The quantitative estimate of drug-likeness (QED) is 0.624. The summed E-state index contributed by atoms with van der Waals surface area (Å²) >= 11 is 0. The fourth-order valence-corrected chi connectivity index (χ4v) is 2.65. The lowest BCUT2D eigenvalue weighted by Gasteiger charge is -2.29. The maximum atomic E-state index is 12.1. The van der Waals surface area contributed by atoms with Crippen molar-refractivity contribution in [3.8, 4) is 5.88 Å². The number of hydrogen-bond donors (Lipinski definition) is 4. The molecule has 0 atom stereocenters. The first-order valence-corrected chi connectivity index (χ1v) is 7.54. The molecule has 1 heterocycles. The van der Waals surface area contributed by atoms with E-state index in [0.717, 1.165) is 25.7 Å². The molecule has 0 aliphatic heterocycles. The summed E-state index contributed by atoms with van der Waals surface area (Å²) in [5.74, 6) is -0.598. The molecule has 0 radical (unpaired) electrons. The molecule has 1 aromatic heterocycles. The van der Waals surface area contributed by atoms with Gasteiger partial charge in [0.2, 0.25) is 11.8 Å². The summed E-state index contributed by atoms with van der Waals surface area (Å²) in [6.07, 6.45) is 5.00. The van der Waals surface area contributed by atoms with E-state index < -0.39 is 0 Å². The molecule has 2 amide bonds. The second-order valence-corrected chi connectivity index (χ2v) is 5.50. The highest BCUT2D eigenvalue weighted by Gasteiger charge is 2.24. The van der Waals surface area contributed by atoms with Crippen molar-refractivity contribution in [2.24, 2.45) is 5.73 Å². The Morgan fingerprint density at radius 1 is 1.23 bits per heavy atom. The van der Waals surface area contributed by atoms with Crippen LogP contribution in [-0.4, -0.2) is 40.5 Å². The summed E-state index contributed by atoms with van der Waals surface area (Å²) in [4.78, 5) is 27.3. The van der Waals surface area contributed by atoms with Crippen LogP contribution in [0.5, 0.6) is 5.88 Å². The first kappa shape index (κ1) is 16.2. The van der Waals surface area contributed by atoms with Gasteiger partial charge in [-0.1, -0.05) is 0 Å². The topological polar surface area (TPSA) is 117 Å². The molecular weight excluding hydrogens is 284 g/mol. The average molecular weight is 306 g/mol. The van der Waals surface area contributed by atoms with E-state index in [-0.39, 0.29) is 35.3 Å². The number of amides is 2. The molecule has 1 aliphatic carbocycles. The summed E-state index contributed by atoms with van der Waals surface area (Å²) < 4.78 is 0. The van der Waals surface area contributed by atoms with Crippen LogP contribution < -0.4 is 16.4 Å². The second kappa shape index (κ2) is 7.74. The van der Waals surface area contributed by atoms with Crippen LogP contribution in [-0.2, 0) is 4.79 Å². The lowest BCUT2D eigenvalue weighted by molar-refractivity contribution is -0.121. The molecular formula is C15H22N4O3. The third kappa shape index (κ3) is 4.42. The first-order valence-electron chi connectivity index (χ1n) is 7.54. The molecule has 2 rings (SSSR count). The van der Waals surface area contributed by atoms with Crippen molar-refractivity contribution in [1.29, 1.82) is 0 Å². The number of aromatic nitrogens is 1. The van der Waals surface area contributed by atoms with Gasteiger partial charge < -0.3 is 21.5 Å². The second-order valence-electron chi connectivity index (χ2n) is 5.50. The Labute approximate surface area is 129 Å². The number of hydrogen-bond acceptors (Lipinski definition) is 5. The largest absolute Gasteiger partial charge is 0.493 e. The zero-order valence-electron chi connectivity index (χ0n) is 12.4. The zero-order chi connectivity index (χ0) is 15.9. The van der Waals surface area contributed by atoms with Gasteiger partial charge in [-0.3, -0.25) is 9.59 Å². The first-order chi connectivity index (χ1) is 10.6. The van der Waals surface area contributed by atoms with Crippen LogP contribution in [0.1, 0.15) is 42.5 Å². The lowest BCUT2D eigenvalue weighted by atomic mass is 9.91. The SMILES string of the molecule is NCCC(=O)N[C@H]1CC[C@H](NC(=O)c2cccnc2O)CC1. The normalized spacial score (nSPS) is 21.1. The van der Waals surface area contributed by atoms with Crippen molar-refractivity contribution >= 4 is 11.8 Å². The van der Waals surface area contributed by atoms with Crippen molar-refractivity contribution in [1.82, 2.24) is 15.6 Å². The Bertz CT molecular complexity index is 527. The predicted molar refractivity (Wildman–Crippen MR) is 81.2 cm³/mol. The minimum Gasteiger partial charge on any atom is -0.493 e. The number of nitrogens with two attached hydrogens (primary N) is 1. The highest BCUT2D eigenvalue weighted by molar-refractivity contribution is 5.96. The Morgan fingerprint density at radius 2 is 1.86 bits per heavy atom. The van der Waals surface area contributed by atoms with Crippen molar-refractivity contribution in [3.05, 3.63) is 23.9 Å². The fraction of sp³-hybridized carbons (Fsp3) is 0.533. The van der Waals surface area contributed by atoms with Crippen LogP contribution in [0.25, 0.3) is 0 Å². The number of carbonyl (C=O) groups is 2. The number of pyridine rings is 1. The Hall–Kier alpha value is -2.15. The minimum absolute atomic E-state index is 0.0183. The Balaban J connectivity index is 1.79. The molecule has 0 spiro atoms. The van der Waals surface area contributed by atoms with Gasteiger partial charge in [-0.2, -0.15) is 0 Å². The molecule has 1 saturated carbocycles. The molecule has 0 aromatic carbocycles. The molecule has 1 aromatic rings. The monoisotopic (exact) mass is 306 g/mol. The van der Waals surface area contributed by atoms with Crippen molar-refractivity contribution in [3.63, 3.8) is 0 Å². The van der Waals surface area contributed by atoms with Crippen molar-refractivity contribution < 1.29 is 14.7 Å². The summed E-state index contributed by atoms with van der Waals surface area (Å²) in [6.45, 7) is 0.353. The van der Waals surface area contributed by atoms with Gasteiger partial charge >= 0.3 is 0 Å². The molecule has 7 nitrogen and oxygen atoms in total. The predicted octanol–water partition coefficient (Wildman–Crippen LogP) is 0.293. The maximum absolute atomic E-state index is 12.1. The Kier molecular flexibility index (Phi) is 5.71. The lowest BCUT2D eigenvalue weighted by Crippen LogP contribution is -2.44. The van der Waals surface area contributed by atoms with Crippen LogP contribution in [0.2, 0.25) is 0 Å². The number of rotatable bonds is 5. The fourth-order valence-electron chi connectivity index (χ4n) is 2.65. The van der Waals surface area contributed by atoms with Gasteiger partial charge in [-0.05, 0) is 37.8 Å². The highest BCUT2D eigenvalue weighted by Crippen LogP contribution is 2.20. The average Bonchev–Trinajstić information content (AvgIpc) is 2.50. The van der Waals surface area contributed by atoms with E-state index in [2.05, 4.69) is 15.6 Å². The number of nitrogens with one attached hydrogen (secondary N) is 2. The van der Waals surface area contributed by atoms with E-state index in [0.29, 0.717) is 13.0 Å². The van der Waals surface area contributed by atoms with E-state index in [4.69, 9.17) is 5.73 Å². The third-order valence-electron chi connectivity index (χ3n) is 3.83. The number of carbonyl (C=O) groups excluding carboxylic acids is 2. The van der Waals surface area contributed by atoms with Gasteiger partial charge in [-0.15, -0.1) is 0 Å². The van der Waals surface area contributed by atoms with Crippen LogP contribution in [0.15, 0.2) is 18.3 Å². The molecule has 7 heteroatoms. The van der Waals surface area contributed by atoms with Gasteiger partial charge in [0.05, 0.1) is 0 Å². The molecule has 1 fully saturated rings. The van der Waals surface area contributed by atoms with Gasteiger partial charge in [0.1, 0.15) is 5.56 Å². The van der Waals surface area contributed by atoms with Gasteiger partial charge in [0, 0.05) is 31.2 Å². The molecule has 0 saturated heterocycles. The third-order valence-corrected chi connectivity index (χ3v) is 3.83.